The van der Waals surface area contributed by atoms with E-state index in [0.29, 0.717) is 22.4 Å². The number of aromatic amines is 1. The normalized spacial score (nSPS) is 10.7. The van der Waals surface area contributed by atoms with Gasteiger partial charge >= 0.3 is 0 Å². The van der Waals surface area contributed by atoms with Crippen molar-refractivity contribution in [3.63, 3.8) is 0 Å². The molecule has 8 heteroatoms. The summed E-state index contributed by atoms with van der Waals surface area (Å²) in [5, 5.41) is 2.66. The van der Waals surface area contributed by atoms with Crippen LogP contribution in [0.25, 0.3) is 10.9 Å². The standard InChI is InChI=1S/C18H16F2N2O4/c1-24-13-7-12-14(17(26-3)16(13)25-2)9(8-21-12)18(23)22-15-10(19)5-4-6-11(15)20/h4-8,21H,1-3H3,(H,22,23). The van der Waals surface area contributed by atoms with Crippen molar-refractivity contribution in [2.45, 2.75) is 0 Å². The number of ether oxygens (including phenoxy) is 3. The third kappa shape index (κ3) is 2.79. The minimum Gasteiger partial charge on any atom is -0.493 e. The number of nitrogens with one attached hydrogen (secondary N) is 2. The number of H-pyrrole nitrogens is 1. The molecule has 1 heterocycles. The predicted molar refractivity (Wildman–Crippen MR) is 92.3 cm³/mol. The first-order valence-corrected chi connectivity index (χ1v) is 7.57. The van der Waals surface area contributed by atoms with E-state index in [-0.39, 0.29) is 11.3 Å². The summed E-state index contributed by atoms with van der Waals surface area (Å²) in [4.78, 5) is 15.5. The maximum absolute atomic E-state index is 13.8. The van der Waals surface area contributed by atoms with Crippen LogP contribution in [0, 0.1) is 11.6 Å². The Balaban J connectivity index is 2.12. The molecule has 3 aromatic rings. The van der Waals surface area contributed by atoms with Gasteiger partial charge in [-0.2, -0.15) is 0 Å². The smallest absolute Gasteiger partial charge is 0.258 e. The number of methoxy groups -OCH3 is 3. The molecule has 6 nitrogen and oxygen atoms in total. The van der Waals surface area contributed by atoms with E-state index in [9.17, 15) is 13.6 Å². The highest BCUT2D eigenvalue weighted by atomic mass is 19.1. The van der Waals surface area contributed by atoms with Gasteiger partial charge in [0, 0.05) is 12.3 Å². The Hall–Kier alpha value is -3.29. The van der Waals surface area contributed by atoms with E-state index in [2.05, 4.69) is 10.3 Å². The fourth-order valence-electron chi connectivity index (χ4n) is 2.74. The highest BCUT2D eigenvalue weighted by Gasteiger charge is 2.23. The van der Waals surface area contributed by atoms with Gasteiger partial charge < -0.3 is 24.5 Å². The molecule has 0 radical (unpaired) electrons. The van der Waals surface area contributed by atoms with Crippen LogP contribution in [0.3, 0.4) is 0 Å². The van der Waals surface area contributed by atoms with Gasteiger partial charge in [-0.25, -0.2) is 8.78 Å². The number of amides is 1. The molecule has 0 aliphatic heterocycles. The van der Waals surface area contributed by atoms with Crippen molar-refractivity contribution in [1.29, 1.82) is 0 Å². The molecular formula is C18H16F2N2O4. The van der Waals surface area contributed by atoms with Crippen LogP contribution in [-0.2, 0) is 0 Å². The Morgan fingerprint density at radius 2 is 1.69 bits per heavy atom. The van der Waals surface area contributed by atoms with Crippen molar-refractivity contribution in [2.24, 2.45) is 0 Å². The number of aromatic nitrogens is 1. The highest BCUT2D eigenvalue weighted by Crippen LogP contribution is 2.44. The molecule has 3 rings (SSSR count). The van der Waals surface area contributed by atoms with Gasteiger partial charge in [0.15, 0.2) is 11.5 Å². The van der Waals surface area contributed by atoms with Crippen molar-refractivity contribution in [3.8, 4) is 17.2 Å². The van der Waals surface area contributed by atoms with Crippen molar-refractivity contribution >= 4 is 22.5 Å². The second-order valence-electron chi connectivity index (χ2n) is 5.32. The largest absolute Gasteiger partial charge is 0.493 e. The number of carbonyl (C=O) groups is 1. The summed E-state index contributed by atoms with van der Waals surface area (Å²) in [6.45, 7) is 0. The molecule has 0 bridgehead atoms. The number of benzene rings is 2. The third-order valence-electron chi connectivity index (χ3n) is 3.92. The van der Waals surface area contributed by atoms with Gasteiger partial charge in [0.05, 0.1) is 37.8 Å². The van der Waals surface area contributed by atoms with Crippen molar-refractivity contribution in [1.82, 2.24) is 4.98 Å². The molecule has 1 amide bonds. The van der Waals surface area contributed by atoms with E-state index in [1.165, 1.54) is 33.6 Å². The Kier molecular flexibility index (Phi) is 4.66. The molecule has 0 fully saturated rings. The molecule has 2 N–H and O–H groups in total. The quantitative estimate of drug-likeness (QED) is 0.726. The molecule has 26 heavy (non-hydrogen) atoms. The second-order valence-corrected chi connectivity index (χ2v) is 5.32. The second kappa shape index (κ2) is 6.91. The fourth-order valence-corrected chi connectivity index (χ4v) is 2.74. The van der Waals surface area contributed by atoms with Crippen molar-refractivity contribution in [3.05, 3.63) is 47.7 Å². The van der Waals surface area contributed by atoms with E-state index in [0.717, 1.165) is 12.1 Å². The first-order chi connectivity index (χ1) is 12.5. The van der Waals surface area contributed by atoms with Gasteiger partial charge in [-0.1, -0.05) is 6.07 Å². The number of hydrogen-bond donors (Lipinski definition) is 2. The Labute approximate surface area is 147 Å². The molecule has 0 unspecified atom stereocenters. The molecule has 0 spiro atoms. The summed E-state index contributed by atoms with van der Waals surface area (Å²) in [6.07, 6.45) is 1.42. The van der Waals surface area contributed by atoms with Gasteiger partial charge in [0.25, 0.3) is 5.91 Å². The van der Waals surface area contributed by atoms with Crippen molar-refractivity contribution in [2.75, 3.05) is 26.6 Å². The van der Waals surface area contributed by atoms with Crippen LogP contribution in [0.5, 0.6) is 17.2 Å². The molecule has 0 atom stereocenters. The first-order valence-electron chi connectivity index (χ1n) is 7.57. The zero-order chi connectivity index (χ0) is 18.8. The van der Waals surface area contributed by atoms with Gasteiger partial charge in [0.2, 0.25) is 5.75 Å². The van der Waals surface area contributed by atoms with Gasteiger partial charge in [-0.15, -0.1) is 0 Å². The van der Waals surface area contributed by atoms with Crippen LogP contribution in [0.4, 0.5) is 14.5 Å². The number of para-hydroxylation sites is 1. The zero-order valence-electron chi connectivity index (χ0n) is 14.3. The monoisotopic (exact) mass is 362 g/mol. The van der Waals surface area contributed by atoms with Gasteiger partial charge in [-0.05, 0) is 12.1 Å². The van der Waals surface area contributed by atoms with Crippen LogP contribution in [0.2, 0.25) is 0 Å². The number of fused-ring (bicyclic) bond motifs is 1. The Bertz CT molecular complexity index is 965. The maximum Gasteiger partial charge on any atom is 0.258 e. The summed E-state index contributed by atoms with van der Waals surface area (Å²) >= 11 is 0. The zero-order valence-corrected chi connectivity index (χ0v) is 14.3. The molecule has 0 aliphatic rings. The maximum atomic E-state index is 13.8. The Morgan fingerprint density at radius 3 is 2.27 bits per heavy atom. The summed E-state index contributed by atoms with van der Waals surface area (Å²) < 4.78 is 43.6. The lowest BCUT2D eigenvalue weighted by atomic mass is 10.1. The molecule has 1 aromatic heterocycles. The van der Waals surface area contributed by atoms with Crippen LogP contribution in [0.15, 0.2) is 30.5 Å². The minimum absolute atomic E-state index is 0.139. The summed E-state index contributed by atoms with van der Waals surface area (Å²) in [6, 6.07) is 4.97. The average Bonchev–Trinajstić information content (AvgIpc) is 3.06. The first kappa shape index (κ1) is 17.5. The van der Waals surface area contributed by atoms with E-state index in [4.69, 9.17) is 14.2 Å². The van der Waals surface area contributed by atoms with Crippen LogP contribution < -0.4 is 19.5 Å². The lowest BCUT2D eigenvalue weighted by Gasteiger charge is -2.14. The SMILES string of the molecule is COc1cc2[nH]cc(C(=O)Nc3c(F)cccc3F)c2c(OC)c1OC. The Morgan fingerprint density at radius 1 is 1.04 bits per heavy atom. The van der Waals surface area contributed by atoms with E-state index in [1.807, 2.05) is 0 Å². The minimum atomic E-state index is -0.871. The molecule has 0 saturated carbocycles. The molecule has 136 valence electrons. The van der Waals surface area contributed by atoms with E-state index in [1.54, 1.807) is 6.07 Å². The van der Waals surface area contributed by atoms with Gasteiger partial charge in [-0.3, -0.25) is 4.79 Å². The van der Waals surface area contributed by atoms with E-state index >= 15 is 0 Å². The molecule has 0 aliphatic carbocycles. The van der Waals surface area contributed by atoms with Crippen LogP contribution in [-0.4, -0.2) is 32.2 Å². The lowest BCUT2D eigenvalue weighted by Crippen LogP contribution is -2.14. The number of hydrogen-bond acceptors (Lipinski definition) is 4. The molecule has 0 saturated heterocycles. The topological polar surface area (TPSA) is 72.6 Å². The van der Waals surface area contributed by atoms with Crippen LogP contribution in [0.1, 0.15) is 10.4 Å². The molecule has 2 aromatic carbocycles. The number of anilines is 1. The molecular weight excluding hydrogens is 346 g/mol. The predicted octanol–water partition coefficient (Wildman–Crippen LogP) is 3.72. The number of rotatable bonds is 5. The summed E-state index contributed by atoms with van der Waals surface area (Å²) in [5.41, 5.74) is 0.158. The van der Waals surface area contributed by atoms with Crippen LogP contribution >= 0.6 is 0 Å². The summed E-state index contributed by atoms with van der Waals surface area (Å²) in [5.74, 6) is -1.47. The third-order valence-corrected chi connectivity index (χ3v) is 3.92. The average molecular weight is 362 g/mol. The lowest BCUT2D eigenvalue weighted by molar-refractivity contribution is 0.102. The fraction of sp³-hybridized carbons (Fsp3) is 0.167. The number of carbonyl (C=O) groups excluding carboxylic acids is 1. The van der Waals surface area contributed by atoms with E-state index < -0.39 is 23.2 Å². The number of halogens is 2. The highest BCUT2D eigenvalue weighted by molar-refractivity contribution is 6.15. The summed E-state index contributed by atoms with van der Waals surface area (Å²) in [7, 11) is 4.33. The van der Waals surface area contributed by atoms with Gasteiger partial charge in [0.1, 0.15) is 17.3 Å². The van der Waals surface area contributed by atoms with Crippen molar-refractivity contribution < 1.29 is 27.8 Å².